The van der Waals surface area contributed by atoms with Gasteiger partial charge in [0, 0.05) is 38.0 Å². The van der Waals surface area contributed by atoms with Gasteiger partial charge >= 0.3 is 17.9 Å². The lowest BCUT2D eigenvalue weighted by Gasteiger charge is -2.51. The lowest BCUT2D eigenvalue weighted by molar-refractivity contribution is -0.208. The van der Waals surface area contributed by atoms with Gasteiger partial charge in [0.1, 0.15) is 23.4 Å². The Balaban J connectivity index is 1.86. The highest BCUT2D eigenvalue weighted by Crippen LogP contribution is 2.63. The number of carbonyl (C=O) groups excluding carboxylic acids is 3. The van der Waals surface area contributed by atoms with Crippen molar-refractivity contribution in [1.82, 2.24) is 0 Å². The van der Waals surface area contributed by atoms with Gasteiger partial charge in [0.05, 0.1) is 18.8 Å². The van der Waals surface area contributed by atoms with Crippen molar-refractivity contribution < 1.29 is 43.2 Å². The fourth-order valence-corrected chi connectivity index (χ4v) is 7.27. The van der Waals surface area contributed by atoms with Crippen LogP contribution in [0.5, 0.6) is 0 Å². The highest BCUT2D eigenvalue weighted by molar-refractivity contribution is 5.70. The summed E-state index contributed by atoms with van der Waals surface area (Å²) in [5.41, 5.74) is -1.29. The standard InChI is InChI=1S/C28H42O9/c1-8-9-20(32)36-26-24(34-16(5)29)21(14(2)3)22-23(28(26)13-33-28)19-12-15(4)18(31)10-11-27(7,25(22)35-19)37-17(6)30/h14,18-19,21-26,31H,4,8-13H2,1-3,5-7H3. The molecule has 0 aromatic rings. The minimum atomic E-state index is -1.04. The van der Waals surface area contributed by atoms with Crippen molar-refractivity contribution >= 4 is 17.9 Å². The Hall–Kier alpha value is -1.97. The smallest absolute Gasteiger partial charge is 0.306 e. The van der Waals surface area contributed by atoms with Crippen LogP contribution in [0.1, 0.15) is 73.6 Å². The number of hydrogen-bond acceptors (Lipinski definition) is 9. The molecule has 3 heterocycles. The fraction of sp³-hybridized carbons (Fsp3) is 0.821. The van der Waals surface area contributed by atoms with E-state index in [1.54, 1.807) is 0 Å². The third kappa shape index (κ3) is 5.06. The Morgan fingerprint density at radius 3 is 2.41 bits per heavy atom. The first-order valence-corrected chi connectivity index (χ1v) is 13.6. The predicted molar refractivity (Wildman–Crippen MR) is 132 cm³/mol. The van der Waals surface area contributed by atoms with Crippen molar-refractivity contribution in [1.29, 1.82) is 0 Å². The van der Waals surface area contributed by atoms with Gasteiger partial charge in [-0.25, -0.2) is 0 Å². The van der Waals surface area contributed by atoms with Gasteiger partial charge in [-0.3, -0.25) is 14.4 Å². The molecule has 10 unspecified atom stereocenters. The van der Waals surface area contributed by atoms with Crippen LogP contribution in [-0.2, 0) is 38.1 Å². The zero-order valence-corrected chi connectivity index (χ0v) is 22.9. The molecule has 0 aromatic carbocycles. The molecule has 2 bridgehead atoms. The summed E-state index contributed by atoms with van der Waals surface area (Å²) in [5.74, 6) is -1.96. The zero-order chi connectivity index (χ0) is 27.3. The molecule has 208 valence electrons. The third-order valence-corrected chi connectivity index (χ3v) is 8.74. The average Bonchev–Trinajstić information content (AvgIpc) is 3.47. The van der Waals surface area contributed by atoms with E-state index in [0.717, 1.165) is 0 Å². The molecule has 1 spiro atoms. The van der Waals surface area contributed by atoms with Crippen molar-refractivity contribution in [3.63, 3.8) is 0 Å². The first-order chi connectivity index (χ1) is 17.3. The highest BCUT2D eigenvalue weighted by atomic mass is 16.7. The van der Waals surface area contributed by atoms with Crippen LogP contribution in [0.15, 0.2) is 12.2 Å². The maximum atomic E-state index is 12.8. The van der Waals surface area contributed by atoms with Gasteiger partial charge < -0.3 is 28.8 Å². The third-order valence-electron chi connectivity index (χ3n) is 8.74. The monoisotopic (exact) mass is 522 g/mol. The summed E-state index contributed by atoms with van der Waals surface area (Å²) in [6.45, 7) is 15.0. The first-order valence-electron chi connectivity index (χ1n) is 13.6. The molecule has 0 aromatic heterocycles. The minimum absolute atomic E-state index is 0.0171. The summed E-state index contributed by atoms with van der Waals surface area (Å²) in [4.78, 5) is 37.4. The largest absolute Gasteiger partial charge is 0.458 e. The van der Waals surface area contributed by atoms with Crippen LogP contribution >= 0.6 is 0 Å². The number of carbonyl (C=O) groups is 3. The quantitative estimate of drug-likeness (QED) is 0.243. The molecule has 9 nitrogen and oxygen atoms in total. The molecular weight excluding hydrogens is 480 g/mol. The van der Waals surface area contributed by atoms with Crippen LogP contribution in [0, 0.1) is 23.7 Å². The number of ether oxygens (including phenoxy) is 5. The van der Waals surface area contributed by atoms with Gasteiger partial charge in [0.15, 0.2) is 6.10 Å². The second-order valence-electron chi connectivity index (χ2n) is 11.8. The maximum Gasteiger partial charge on any atom is 0.306 e. The van der Waals surface area contributed by atoms with E-state index < -0.39 is 53.7 Å². The summed E-state index contributed by atoms with van der Waals surface area (Å²) in [5, 5.41) is 10.8. The van der Waals surface area contributed by atoms with E-state index in [0.29, 0.717) is 37.9 Å². The van der Waals surface area contributed by atoms with E-state index in [-0.39, 0.29) is 36.1 Å². The van der Waals surface area contributed by atoms with Crippen molar-refractivity contribution in [3.05, 3.63) is 12.2 Å². The molecule has 37 heavy (non-hydrogen) atoms. The number of rotatable bonds is 6. The fourth-order valence-electron chi connectivity index (χ4n) is 7.27. The summed E-state index contributed by atoms with van der Waals surface area (Å²) < 4.78 is 30.9. The average molecular weight is 523 g/mol. The first kappa shape index (κ1) is 28.0. The summed E-state index contributed by atoms with van der Waals surface area (Å²) >= 11 is 0. The number of hydrogen-bond donors (Lipinski definition) is 1. The molecule has 0 amide bonds. The summed E-state index contributed by atoms with van der Waals surface area (Å²) in [6, 6.07) is 0. The number of epoxide rings is 1. The SMILES string of the molecule is C=C1CC2OC(C3C(C(C)C)C(OC(C)=O)C(OC(=O)CCC)C4(CO4)C23)C(C)(OC(C)=O)CCC1O. The Kier molecular flexibility index (Phi) is 7.81. The molecule has 3 aliphatic heterocycles. The molecule has 9 heteroatoms. The highest BCUT2D eigenvalue weighted by Gasteiger charge is 2.76. The zero-order valence-electron chi connectivity index (χ0n) is 22.9. The Labute approximate surface area is 219 Å². The topological polar surface area (TPSA) is 121 Å². The van der Waals surface area contributed by atoms with Gasteiger partial charge in [-0.05, 0) is 44.1 Å². The van der Waals surface area contributed by atoms with E-state index in [1.165, 1.54) is 13.8 Å². The van der Waals surface area contributed by atoms with Crippen LogP contribution < -0.4 is 0 Å². The second-order valence-corrected chi connectivity index (χ2v) is 11.8. The molecule has 10 atom stereocenters. The molecule has 1 aliphatic carbocycles. The number of aliphatic hydroxyl groups is 1. The van der Waals surface area contributed by atoms with Crippen LogP contribution in [-0.4, -0.2) is 71.3 Å². The molecule has 0 radical (unpaired) electrons. The minimum Gasteiger partial charge on any atom is -0.458 e. The molecule has 4 aliphatic rings. The van der Waals surface area contributed by atoms with Gasteiger partial charge in [0.2, 0.25) is 0 Å². The lowest BCUT2D eigenvalue weighted by Crippen LogP contribution is -2.65. The Bertz CT molecular complexity index is 925. The van der Waals surface area contributed by atoms with Gasteiger partial charge in [-0.2, -0.15) is 0 Å². The van der Waals surface area contributed by atoms with Crippen molar-refractivity contribution in [3.8, 4) is 0 Å². The Morgan fingerprint density at radius 1 is 1.19 bits per heavy atom. The molecular formula is C28H42O9. The van der Waals surface area contributed by atoms with E-state index >= 15 is 0 Å². The van der Waals surface area contributed by atoms with E-state index in [4.69, 9.17) is 23.7 Å². The van der Waals surface area contributed by atoms with Gasteiger partial charge in [-0.1, -0.05) is 27.4 Å². The molecule has 1 N–H and O–H groups in total. The van der Waals surface area contributed by atoms with Gasteiger partial charge in [0.25, 0.3) is 0 Å². The van der Waals surface area contributed by atoms with E-state index in [9.17, 15) is 19.5 Å². The normalized spacial score (nSPS) is 42.9. The van der Waals surface area contributed by atoms with Gasteiger partial charge in [-0.15, -0.1) is 0 Å². The summed E-state index contributed by atoms with van der Waals surface area (Å²) in [7, 11) is 0. The Morgan fingerprint density at radius 2 is 1.86 bits per heavy atom. The number of aliphatic hydroxyl groups excluding tert-OH is 1. The van der Waals surface area contributed by atoms with Crippen LogP contribution in [0.25, 0.3) is 0 Å². The van der Waals surface area contributed by atoms with Crippen LogP contribution in [0.2, 0.25) is 0 Å². The molecule has 3 saturated heterocycles. The molecule has 1 saturated carbocycles. The number of fused-ring (bicyclic) bond motifs is 6. The van der Waals surface area contributed by atoms with Crippen LogP contribution in [0.4, 0.5) is 0 Å². The van der Waals surface area contributed by atoms with E-state index in [1.807, 2.05) is 13.8 Å². The van der Waals surface area contributed by atoms with Crippen molar-refractivity contribution in [2.75, 3.05) is 6.61 Å². The summed E-state index contributed by atoms with van der Waals surface area (Å²) in [6.07, 6.45) is -1.21. The lowest BCUT2D eigenvalue weighted by atomic mass is 9.56. The molecule has 4 fully saturated rings. The predicted octanol–water partition coefficient (Wildman–Crippen LogP) is 3.11. The van der Waals surface area contributed by atoms with Crippen molar-refractivity contribution in [2.24, 2.45) is 23.7 Å². The number of esters is 3. The van der Waals surface area contributed by atoms with Crippen molar-refractivity contribution in [2.45, 2.75) is 115 Å². The second kappa shape index (κ2) is 10.3. The van der Waals surface area contributed by atoms with E-state index in [2.05, 4.69) is 20.4 Å². The molecule has 4 rings (SSSR count). The maximum absolute atomic E-state index is 12.8. The van der Waals surface area contributed by atoms with Crippen LogP contribution in [0.3, 0.4) is 0 Å².